The molecule has 4 rings (SSSR count). The Kier molecular flexibility index (Phi) is 4.28. The van der Waals surface area contributed by atoms with Crippen LogP contribution in [-0.4, -0.2) is 14.7 Å². The van der Waals surface area contributed by atoms with Crippen LogP contribution < -0.4 is 10.5 Å². The van der Waals surface area contributed by atoms with E-state index in [1.54, 1.807) is 16.8 Å². The first kappa shape index (κ1) is 18.3. The first-order chi connectivity index (χ1) is 13.9. The molecule has 0 saturated heterocycles. The van der Waals surface area contributed by atoms with Crippen LogP contribution in [0.15, 0.2) is 60.0 Å². The fourth-order valence-corrected chi connectivity index (χ4v) is 3.50. The number of ether oxygens (including phenoxy) is 1. The summed E-state index contributed by atoms with van der Waals surface area (Å²) < 4.78 is 7.35. The first-order valence-electron chi connectivity index (χ1n) is 8.89. The molecule has 8 nitrogen and oxygen atoms in total. The Hall–Kier alpha value is -4.12. The van der Waals surface area contributed by atoms with E-state index < -0.39 is 10.8 Å². The van der Waals surface area contributed by atoms with Gasteiger partial charge in [0.1, 0.15) is 11.6 Å². The van der Waals surface area contributed by atoms with Crippen LogP contribution in [0, 0.1) is 35.3 Å². The predicted molar refractivity (Wildman–Crippen MR) is 105 cm³/mol. The maximum atomic E-state index is 10.9. The molecule has 144 valence electrons. The number of nitrogens with zero attached hydrogens (tertiary/aromatic N) is 4. The van der Waals surface area contributed by atoms with Crippen LogP contribution in [0.3, 0.4) is 0 Å². The molecule has 3 aromatic rings. The van der Waals surface area contributed by atoms with Gasteiger partial charge in [-0.15, -0.1) is 0 Å². The van der Waals surface area contributed by atoms with E-state index >= 15 is 0 Å². The molecule has 0 unspecified atom stereocenters. The topological polar surface area (TPSA) is 120 Å². The molecular formula is C21H17N5O3. The molecule has 0 fully saturated rings. The number of nitriles is 1. The van der Waals surface area contributed by atoms with E-state index in [2.05, 4.69) is 11.2 Å². The average molecular weight is 387 g/mol. The Labute approximate surface area is 166 Å². The Morgan fingerprint density at radius 2 is 1.83 bits per heavy atom. The number of allylic oxidation sites excluding steroid dienone is 1. The summed E-state index contributed by atoms with van der Waals surface area (Å²) in [5.41, 5.74) is 10.4. The fraction of sp³-hybridized carbons (Fsp3) is 0.143. The third kappa shape index (κ3) is 2.99. The number of fused-ring (bicyclic) bond motifs is 1. The Morgan fingerprint density at radius 1 is 1.17 bits per heavy atom. The van der Waals surface area contributed by atoms with Crippen molar-refractivity contribution in [2.75, 3.05) is 0 Å². The van der Waals surface area contributed by atoms with Crippen LogP contribution >= 0.6 is 0 Å². The van der Waals surface area contributed by atoms with E-state index in [0.29, 0.717) is 22.8 Å². The van der Waals surface area contributed by atoms with Crippen LogP contribution in [0.5, 0.6) is 5.88 Å². The number of hydrogen-bond donors (Lipinski definition) is 1. The van der Waals surface area contributed by atoms with E-state index in [1.807, 2.05) is 38.1 Å². The van der Waals surface area contributed by atoms with Crippen molar-refractivity contribution in [1.82, 2.24) is 9.78 Å². The van der Waals surface area contributed by atoms with Gasteiger partial charge in [0.05, 0.1) is 27.8 Å². The summed E-state index contributed by atoms with van der Waals surface area (Å²) in [5.74, 6) is 0.0169. The quantitative estimate of drug-likeness (QED) is 0.541. The maximum absolute atomic E-state index is 10.9. The number of non-ortho nitro benzene ring substituents is 1. The summed E-state index contributed by atoms with van der Waals surface area (Å²) in [7, 11) is 0. The highest BCUT2D eigenvalue weighted by molar-refractivity contribution is 5.57. The highest BCUT2D eigenvalue weighted by Crippen LogP contribution is 2.44. The third-order valence-corrected chi connectivity index (χ3v) is 4.95. The monoisotopic (exact) mass is 387 g/mol. The van der Waals surface area contributed by atoms with Gasteiger partial charge in [0.2, 0.25) is 11.8 Å². The molecule has 0 aliphatic carbocycles. The van der Waals surface area contributed by atoms with Crippen molar-refractivity contribution >= 4 is 5.69 Å². The molecule has 29 heavy (non-hydrogen) atoms. The van der Waals surface area contributed by atoms with Crippen molar-refractivity contribution in [3.05, 3.63) is 92.5 Å². The second-order valence-electron chi connectivity index (χ2n) is 6.83. The number of hydrogen-bond acceptors (Lipinski definition) is 6. The Balaban J connectivity index is 1.89. The van der Waals surface area contributed by atoms with Gasteiger partial charge in [-0.05, 0) is 31.5 Å². The lowest BCUT2D eigenvalue weighted by molar-refractivity contribution is -0.384. The van der Waals surface area contributed by atoms with Crippen molar-refractivity contribution in [2.24, 2.45) is 5.73 Å². The third-order valence-electron chi connectivity index (χ3n) is 4.95. The van der Waals surface area contributed by atoms with Crippen LogP contribution in [0.1, 0.15) is 28.3 Å². The van der Waals surface area contributed by atoms with Gasteiger partial charge < -0.3 is 10.5 Å². The predicted octanol–water partition coefficient (Wildman–Crippen LogP) is 3.62. The highest BCUT2D eigenvalue weighted by atomic mass is 16.6. The molecule has 0 spiro atoms. The van der Waals surface area contributed by atoms with Gasteiger partial charge in [0, 0.05) is 12.1 Å². The zero-order valence-electron chi connectivity index (χ0n) is 15.8. The normalized spacial score (nSPS) is 15.4. The molecule has 1 atom stereocenters. The molecule has 0 radical (unpaired) electrons. The molecule has 2 aromatic carbocycles. The fourth-order valence-electron chi connectivity index (χ4n) is 3.50. The highest BCUT2D eigenvalue weighted by Gasteiger charge is 2.36. The standard InChI is InChI=1S/C21H17N5O3/c1-12-3-5-14(6-4-12)19-17(11-22)20(23)29-21-18(19)13(2)24-25(21)15-7-9-16(10-8-15)26(27)28/h3-10,19H,23H2,1-2H3/t19-/m0/s1. The maximum Gasteiger partial charge on any atom is 0.269 e. The van der Waals surface area contributed by atoms with E-state index in [1.165, 1.54) is 12.1 Å². The summed E-state index contributed by atoms with van der Waals surface area (Å²) in [6, 6.07) is 16.0. The largest absolute Gasteiger partial charge is 0.422 e. The summed E-state index contributed by atoms with van der Waals surface area (Å²) in [5, 5.41) is 25.2. The van der Waals surface area contributed by atoms with Crippen molar-refractivity contribution in [3.8, 4) is 17.6 Å². The SMILES string of the molecule is Cc1ccc([C@H]2C(C#N)=C(N)Oc3c2c(C)nn3-c2ccc([N+](=O)[O-])cc2)cc1. The minimum Gasteiger partial charge on any atom is -0.422 e. The Bertz CT molecular complexity index is 1180. The van der Waals surface area contributed by atoms with Gasteiger partial charge in [0.25, 0.3) is 5.69 Å². The zero-order chi connectivity index (χ0) is 20.7. The van der Waals surface area contributed by atoms with Gasteiger partial charge in [-0.3, -0.25) is 10.1 Å². The van der Waals surface area contributed by atoms with E-state index in [9.17, 15) is 15.4 Å². The zero-order valence-corrected chi connectivity index (χ0v) is 15.8. The molecule has 0 bridgehead atoms. The first-order valence-corrected chi connectivity index (χ1v) is 8.89. The van der Waals surface area contributed by atoms with E-state index in [-0.39, 0.29) is 11.6 Å². The van der Waals surface area contributed by atoms with Gasteiger partial charge in [0.15, 0.2) is 0 Å². The number of nitro benzene ring substituents is 1. The molecule has 1 aliphatic rings. The average Bonchev–Trinajstić information content (AvgIpc) is 3.03. The second kappa shape index (κ2) is 6.80. The molecule has 2 N–H and O–H groups in total. The lowest BCUT2D eigenvalue weighted by atomic mass is 9.84. The van der Waals surface area contributed by atoms with Gasteiger partial charge >= 0.3 is 0 Å². The van der Waals surface area contributed by atoms with Gasteiger partial charge in [-0.25, -0.2) is 4.68 Å². The molecule has 2 heterocycles. The number of benzene rings is 2. The molecule has 1 aromatic heterocycles. The van der Waals surface area contributed by atoms with Gasteiger partial charge in [-0.1, -0.05) is 29.8 Å². The van der Waals surface area contributed by atoms with Crippen LogP contribution in [0.25, 0.3) is 5.69 Å². The van der Waals surface area contributed by atoms with E-state index in [0.717, 1.165) is 16.7 Å². The molecule has 1 aliphatic heterocycles. The number of nitro groups is 1. The van der Waals surface area contributed by atoms with Crippen molar-refractivity contribution in [3.63, 3.8) is 0 Å². The summed E-state index contributed by atoms with van der Waals surface area (Å²) in [6.07, 6.45) is 0. The van der Waals surface area contributed by atoms with Crippen LogP contribution in [0.2, 0.25) is 0 Å². The van der Waals surface area contributed by atoms with Crippen LogP contribution in [-0.2, 0) is 0 Å². The summed E-state index contributed by atoms with van der Waals surface area (Å²) in [6.45, 7) is 3.83. The van der Waals surface area contributed by atoms with E-state index in [4.69, 9.17) is 10.5 Å². The minimum atomic E-state index is -0.461. The lowest BCUT2D eigenvalue weighted by Gasteiger charge is -2.25. The van der Waals surface area contributed by atoms with Crippen molar-refractivity contribution < 1.29 is 9.66 Å². The lowest BCUT2D eigenvalue weighted by Crippen LogP contribution is -2.22. The Morgan fingerprint density at radius 3 is 2.41 bits per heavy atom. The smallest absolute Gasteiger partial charge is 0.269 e. The summed E-state index contributed by atoms with van der Waals surface area (Å²) in [4.78, 5) is 10.5. The second-order valence-corrected chi connectivity index (χ2v) is 6.83. The minimum absolute atomic E-state index is 0.0175. The molecule has 0 saturated carbocycles. The molecule has 8 heteroatoms. The number of rotatable bonds is 3. The van der Waals surface area contributed by atoms with Crippen LogP contribution in [0.4, 0.5) is 5.69 Å². The van der Waals surface area contributed by atoms with Crippen molar-refractivity contribution in [2.45, 2.75) is 19.8 Å². The number of aryl methyl sites for hydroxylation is 2. The van der Waals surface area contributed by atoms with Crippen molar-refractivity contribution in [1.29, 1.82) is 5.26 Å². The molecular weight excluding hydrogens is 370 g/mol. The summed E-state index contributed by atoms with van der Waals surface area (Å²) >= 11 is 0. The number of aromatic nitrogens is 2. The number of nitrogens with two attached hydrogens (primary N) is 1. The molecule has 0 amide bonds. The van der Waals surface area contributed by atoms with Gasteiger partial charge in [-0.2, -0.15) is 10.4 Å².